The van der Waals surface area contributed by atoms with Crippen LogP contribution in [0.25, 0.3) is 0 Å². The molecule has 1 amide bonds. The summed E-state index contributed by atoms with van der Waals surface area (Å²) < 4.78 is 0. The number of hydrogen-bond acceptors (Lipinski definition) is 7. The maximum absolute atomic E-state index is 11.8. The Hall–Kier alpha value is -1.46. The highest BCUT2D eigenvalue weighted by Crippen LogP contribution is 2.05. The second-order valence-corrected chi connectivity index (χ2v) is 6.55. The topological polar surface area (TPSA) is 184 Å². The zero-order valence-electron chi connectivity index (χ0n) is 16.3. The lowest BCUT2D eigenvalue weighted by Gasteiger charge is -2.15. The van der Waals surface area contributed by atoms with Crippen LogP contribution in [0.4, 0.5) is 0 Å². The van der Waals surface area contributed by atoms with Gasteiger partial charge in [0.25, 0.3) is 0 Å². The molecule has 0 saturated carbocycles. The van der Waals surface area contributed by atoms with Crippen LogP contribution < -0.4 is 33.2 Å². The average Bonchev–Trinajstić information content (AvgIpc) is 2.59. The quantitative estimate of drug-likeness (QED) is 0.0568. The maximum Gasteiger partial charge on any atom is 0.224 e. The van der Waals surface area contributed by atoms with Crippen LogP contribution in [0.1, 0.15) is 44.9 Å². The average molecular weight is 390 g/mol. The van der Waals surface area contributed by atoms with Gasteiger partial charge in [-0.25, -0.2) is 0 Å². The minimum Gasteiger partial charge on any atom is -0.393 e. The fourth-order valence-corrected chi connectivity index (χ4v) is 2.40. The minimum atomic E-state index is -0.964. The molecule has 0 aromatic heterocycles. The number of carbonyl (C=O) groups is 1. The first-order chi connectivity index (χ1) is 13.0. The molecule has 0 rings (SSSR count). The number of amides is 1. The van der Waals surface area contributed by atoms with Gasteiger partial charge in [-0.3, -0.25) is 9.79 Å². The number of nitrogens with two attached hydrogens (primary N) is 3. The Kier molecular flexibility index (Phi) is 17.0. The van der Waals surface area contributed by atoms with Crippen LogP contribution in [0.5, 0.6) is 0 Å². The van der Waals surface area contributed by atoms with E-state index >= 15 is 0 Å². The summed E-state index contributed by atoms with van der Waals surface area (Å²) in [7, 11) is 0. The molecule has 10 nitrogen and oxygen atoms in total. The maximum atomic E-state index is 11.8. The molecule has 0 aliphatic carbocycles. The Labute approximate surface area is 162 Å². The van der Waals surface area contributed by atoms with Gasteiger partial charge in [0.1, 0.15) is 6.23 Å². The Morgan fingerprint density at radius 3 is 2.30 bits per heavy atom. The van der Waals surface area contributed by atoms with E-state index in [9.17, 15) is 15.0 Å². The van der Waals surface area contributed by atoms with E-state index in [2.05, 4.69) is 20.9 Å². The molecule has 0 aliphatic heterocycles. The minimum absolute atomic E-state index is 0.0339. The standard InChI is InChI=1S/C17H39N7O3/c18-7-5-10-21-8-3-4-9-22-13-16(27)24-15(26)12-14(25)6-1-2-11-23-17(19)20/h14,16,21-22,25,27H,1-13,18H2,(H,24,26)(H4,19,20,23)/t14-,16-/m0/s1. The molecular formula is C17H39N7O3. The molecule has 0 fully saturated rings. The molecule has 2 atom stereocenters. The van der Waals surface area contributed by atoms with E-state index in [0.29, 0.717) is 19.5 Å². The number of carbonyl (C=O) groups excluding carboxylic acids is 1. The largest absolute Gasteiger partial charge is 0.393 e. The number of rotatable bonds is 18. The van der Waals surface area contributed by atoms with E-state index in [1.165, 1.54) is 0 Å². The summed E-state index contributed by atoms with van der Waals surface area (Å²) in [5.41, 5.74) is 15.8. The molecule has 0 unspecified atom stereocenters. The lowest BCUT2D eigenvalue weighted by molar-refractivity contribution is -0.126. The molecule has 0 aliphatic rings. The lowest BCUT2D eigenvalue weighted by atomic mass is 10.1. The Morgan fingerprint density at radius 2 is 1.63 bits per heavy atom. The van der Waals surface area contributed by atoms with Gasteiger partial charge in [-0.1, -0.05) is 0 Å². The summed E-state index contributed by atoms with van der Waals surface area (Å²) in [5.74, 6) is -0.318. The molecule has 0 saturated heterocycles. The van der Waals surface area contributed by atoms with E-state index < -0.39 is 12.3 Å². The monoisotopic (exact) mass is 389 g/mol. The second kappa shape index (κ2) is 17.9. The molecule has 0 spiro atoms. The first kappa shape index (κ1) is 25.5. The van der Waals surface area contributed by atoms with Crippen molar-refractivity contribution in [2.24, 2.45) is 22.2 Å². The zero-order chi connectivity index (χ0) is 20.3. The summed E-state index contributed by atoms with van der Waals surface area (Å²) in [4.78, 5) is 15.6. The Bertz CT molecular complexity index is 393. The van der Waals surface area contributed by atoms with Crippen LogP contribution in [0.3, 0.4) is 0 Å². The highest BCUT2D eigenvalue weighted by atomic mass is 16.3. The fraction of sp³-hybridized carbons (Fsp3) is 0.882. The number of nitrogens with zero attached hydrogens (tertiary/aromatic N) is 1. The van der Waals surface area contributed by atoms with E-state index in [1.807, 2.05) is 0 Å². The van der Waals surface area contributed by atoms with Gasteiger partial charge in [-0.15, -0.1) is 0 Å². The van der Waals surface area contributed by atoms with Crippen LogP contribution >= 0.6 is 0 Å². The molecule has 0 aromatic rings. The highest BCUT2D eigenvalue weighted by molar-refractivity contribution is 5.76. The summed E-state index contributed by atoms with van der Waals surface area (Å²) in [5, 5.41) is 28.5. The van der Waals surface area contributed by atoms with Gasteiger partial charge in [0.2, 0.25) is 5.91 Å². The second-order valence-electron chi connectivity index (χ2n) is 6.55. The zero-order valence-corrected chi connectivity index (χ0v) is 16.3. The van der Waals surface area contributed by atoms with Crippen LogP contribution in [0.15, 0.2) is 4.99 Å². The number of guanidine groups is 1. The van der Waals surface area contributed by atoms with Crippen molar-refractivity contribution in [3.63, 3.8) is 0 Å². The summed E-state index contributed by atoms with van der Waals surface area (Å²) in [6.07, 6.45) is 3.21. The van der Waals surface area contributed by atoms with Gasteiger partial charge < -0.3 is 43.4 Å². The van der Waals surface area contributed by atoms with Crippen LogP contribution in [0.2, 0.25) is 0 Å². The van der Waals surface area contributed by atoms with Crippen molar-refractivity contribution in [2.45, 2.75) is 57.3 Å². The first-order valence-electron chi connectivity index (χ1n) is 9.78. The van der Waals surface area contributed by atoms with E-state index in [-0.39, 0.29) is 24.8 Å². The molecule has 11 N–H and O–H groups in total. The van der Waals surface area contributed by atoms with Crippen molar-refractivity contribution in [1.29, 1.82) is 0 Å². The van der Waals surface area contributed by atoms with Gasteiger partial charge in [-0.05, 0) is 64.7 Å². The Balaban J connectivity index is 3.55. The van der Waals surface area contributed by atoms with Crippen LogP contribution in [-0.4, -0.2) is 73.7 Å². The van der Waals surface area contributed by atoms with Crippen molar-refractivity contribution in [2.75, 3.05) is 39.3 Å². The van der Waals surface area contributed by atoms with Crippen molar-refractivity contribution in [3.8, 4) is 0 Å². The molecule has 0 aromatic carbocycles. The van der Waals surface area contributed by atoms with Gasteiger partial charge in [0, 0.05) is 13.1 Å². The molecule has 10 heteroatoms. The molecule has 0 bridgehead atoms. The van der Waals surface area contributed by atoms with Crippen LogP contribution in [-0.2, 0) is 4.79 Å². The van der Waals surface area contributed by atoms with Crippen molar-refractivity contribution < 1.29 is 15.0 Å². The third kappa shape index (κ3) is 19.1. The molecule has 0 heterocycles. The Morgan fingerprint density at radius 1 is 0.963 bits per heavy atom. The van der Waals surface area contributed by atoms with Crippen molar-refractivity contribution >= 4 is 11.9 Å². The van der Waals surface area contributed by atoms with Gasteiger partial charge in [0.05, 0.1) is 12.5 Å². The first-order valence-corrected chi connectivity index (χ1v) is 9.78. The number of nitrogens with one attached hydrogen (secondary N) is 3. The number of aliphatic imine (C=N–C) groups is 1. The van der Waals surface area contributed by atoms with E-state index in [4.69, 9.17) is 17.2 Å². The van der Waals surface area contributed by atoms with E-state index in [1.54, 1.807) is 0 Å². The number of aliphatic hydroxyl groups excluding tert-OH is 2. The molecule has 160 valence electrons. The fourth-order valence-electron chi connectivity index (χ4n) is 2.40. The summed E-state index contributed by atoms with van der Waals surface area (Å²) in [6.45, 7) is 4.15. The highest BCUT2D eigenvalue weighted by Gasteiger charge is 2.13. The smallest absolute Gasteiger partial charge is 0.224 e. The van der Waals surface area contributed by atoms with Gasteiger partial charge in [0.15, 0.2) is 5.96 Å². The number of aliphatic hydroxyl groups is 2. The van der Waals surface area contributed by atoms with Crippen LogP contribution in [0, 0.1) is 0 Å². The molecule has 27 heavy (non-hydrogen) atoms. The number of unbranched alkanes of at least 4 members (excludes halogenated alkanes) is 2. The number of hydrogen-bond donors (Lipinski definition) is 8. The summed E-state index contributed by atoms with van der Waals surface area (Å²) >= 11 is 0. The van der Waals surface area contributed by atoms with Gasteiger partial charge in [-0.2, -0.15) is 0 Å². The normalized spacial score (nSPS) is 13.1. The summed E-state index contributed by atoms with van der Waals surface area (Å²) in [6, 6.07) is 0. The third-order valence-corrected chi connectivity index (χ3v) is 3.84. The van der Waals surface area contributed by atoms with E-state index in [0.717, 1.165) is 51.7 Å². The van der Waals surface area contributed by atoms with Crippen molar-refractivity contribution in [3.05, 3.63) is 0 Å². The predicted octanol–water partition coefficient (Wildman–Crippen LogP) is -2.08. The van der Waals surface area contributed by atoms with Crippen molar-refractivity contribution in [1.82, 2.24) is 16.0 Å². The molecular weight excluding hydrogens is 350 g/mol. The van der Waals surface area contributed by atoms with Gasteiger partial charge >= 0.3 is 0 Å². The molecule has 0 radical (unpaired) electrons. The lowest BCUT2D eigenvalue weighted by Crippen LogP contribution is -2.43. The third-order valence-electron chi connectivity index (χ3n) is 3.84. The predicted molar refractivity (Wildman–Crippen MR) is 108 cm³/mol. The SMILES string of the molecule is NCCCNCCCCNC[C@H](O)NC(=O)C[C@@H](O)CCCCN=C(N)N.